The first kappa shape index (κ1) is 19.1. The van der Waals surface area contributed by atoms with Crippen LogP contribution in [0.25, 0.3) is 54.2 Å². The summed E-state index contributed by atoms with van der Waals surface area (Å²) < 4.78 is 3.20. The highest BCUT2D eigenvalue weighted by Gasteiger charge is 2.22. The molecule has 0 unspecified atom stereocenters. The Morgan fingerprint density at radius 2 is 1.12 bits per heavy atom. The summed E-state index contributed by atoms with van der Waals surface area (Å²) in [6.45, 7) is 4.10. The number of hydrogen-bond donors (Lipinski definition) is 0. The normalized spacial score (nSPS) is 11.7. The van der Waals surface area contributed by atoms with Crippen molar-refractivity contribution in [1.82, 2.24) is 19.1 Å². The number of carbonyl (C=O) groups is 2. The van der Waals surface area contributed by atoms with Crippen molar-refractivity contribution in [3.63, 3.8) is 0 Å². The van der Waals surface area contributed by atoms with Crippen LogP contribution >= 0.6 is 22.7 Å². The van der Waals surface area contributed by atoms with Gasteiger partial charge in [0.2, 0.25) is 12.8 Å². The van der Waals surface area contributed by atoms with E-state index in [-0.39, 0.29) is 0 Å². The van der Waals surface area contributed by atoms with E-state index in [0.717, 1.165) is 66.5 Å². The molecule has 6 rings (SSSR count). The molecule has 0 fully saturated rings. The summed E-state index contributed by atoms with van der Waals surface area (Å²) in [7, 11) is 0. The maximum atomic E-state index is 12.0. The van der Waals surface area contributed by atoms with Gasteiger partial charge in [-0.25, -0.2) is 9.97 Å². The van der Waals surface area contributed by atoms with E-state index in [1.165, 1.54) is 22.7 Å². The second-order valence-electron chi connectivity index (χ2n) is 7.65. The van der Waals surface area contributed by atoms with E-state index in [2.05, 4.69) is 26.0 Å². The van der Waals surface area contributed by atoms with E-state index in [0.29, 0.717) is 11.6 Å². The van der Waals surface area contributed by atoms with Crippen molar-refractivity contribution in [1.29, 1.82) is 0 Å². The van der Waals surface area contributed by atoms with Crippen LogP contribution in [0.15, 0.2) is 47.2 Å². The molecule has 0 radical (unpaired) electrons. The Morgan fingerprint density at radius 1 is 0.688 bits per heavy atom. The van der Waals surface area contributed by atoms with Crippen LogP contribution in [-0.4, -0.2) is 31.9 Å². The largest absolute Gasteiger partial charge is 0.278 e. The van der Waals surface area contributed by atoms with Gasteiger partial charge >= 0.3 is 0 Å². The molecule has 0 saturated heterocycles. The van der Waals surface area contributed by atoms with Gasteiger partial charge in [0.05, 0.1) is 11.0 Å². The van der Waals surface area contributed by atoms with E-state index in [9.17, 15) is 9.59 Å². The highest BCUT2D eigenvalue weighted by Crippen LogP contribution is 2.40. The van der Waals surface area contributed by atoms with E-state index in [1.54, 1.807) is 9.13 Å². The minimum Gasteiger partial charge on any atom is -0.278 e. The van der Waals surface area contributed by atoms with Crippen LogP contribution in [0.3, 0.4) is 0 Å². The molecule has 0 aliphatic heterocycles. The van der Waals surface area contributed by atoms with E-state index in [1.807, 2.05) is 35.0 Å². The summed E-state index contributed by atoms with van der Waals surface area (Å²) in [5.41, 5.74) is 5.51. The molecule has 2 aromatic carbocycles. The molecule has 32 heavy (non-hydrogen) atoms. The number of imidazole rings is 2. The summed E-state index contributed by atoms with van der Waals surface area (Å²) in [5, 5.41) is 5.88. The number of thiophene rings is 2. The van der Waals surface area contributed by atoms with Gasteiger partial charge in [0, 0.05) is 11.1 Å². The molecule has 0 aliphatic carbocycles. The maximum Gasteiger partial charge on any atom is 0.220 e. The van der Waals surface area contributed by atoms with Crippen LogP contribution in [0.5, 0.6) is 0 Å². The zero-order valence-corrected chi connectivity index (χ0v) is 18.8. The predicted molar refractivity (Wildman–Crippen MR) is 131 cm³/mol. The van der Waals surface area contributed by atoms with Crippen molar-refractivity contribution >= 4 is 67.0 Å². The zero-order valence-electron chi connectivity index (χ0n) is 17.2. The molecule has 4 heterocycles. The summed E-state index contributed by atoms with van der Waals surface area (Å²) in [6, 6.07) is 11.9. The Labute approximate surface area is 190 Å². The van der Waals surface area contributed by atoms with Gasteiger partial charge in [-0.2, -0.15) is 0 Å². The molecule has 4 aromatic heterocycles. The fourth-order valence-corrected chi connectivity index (χ4v) is 5.96. The molecule has 0 amide bonds. The van der Waals surface area contributed by atoms with E-state index < -0.39 is 0 Å². The summed E-state index contributed by atoms with van der Waals surface area (Å²) in [5.74, 6) is 1.23. The van der Waals surface area contributed by atoms with Crippen LogP contribution in [-0.2, 0) is 9.59 Å². The first-order chi connectivity index (χ1) is 15.6. The van der Waals surface area contributed by atoms with Crippen LogP contribution in [0.2, 0.25) is 0 Å². The molecule has 0 aliphatic rings. The summed E-state index contributed by atoms with van der Waals surface area (Å²) in [4.78, 5) is 35.2. The number of carbonyl (C=O) groups excluding carboxylic acids is 2. The van der Waals surface area contributed by atoms with Crippen molar-refractivity contribution in [2.24, 2.45) is 0 Å². The van der Waals surface area contributed by atoms with Gasteiger partial charge < -0.3 is 0 Å². The smallest absolute Gasteiger partial charge is 0.220 e. The molecule has 6 aromatic rings. The van der Waals surface area contributed by atoms with Crippen LogP contribution in [0.4, 0.5) is 0 Å². The van der Waals surface area contributed by atoms with Gasteiger partial charge in [0.25, 0.3) is 0 Å². The average Bonchev–Trinajstić information content (AvgIpc) is 3.55. The Morgan fingerprint density at radius 3 is 1.53 bits per heavy atom. The molecular weight excluding hydrogens is 440 g/mol. The Bertz CT molecular complexity index is 1570. The van der Waals surface area contributed by atoms with Crippen molar-refractivity contribution in [2.45, 2.75) is 13.8 Å². The Hall–Kier alpha value is -3.62. The summed E-state index contributed by atoms with van der Waals surface area (Å²) >= 11 is 3.02. The minimum absolute atomic E-state index is 0.617. The summed E-state index contributed by atoms with van der Waals surface area (Å²) in [6.07, 6.45) is 1.63. The molecule has 8 heteroatoms. The van der Waals surface area contributed by atoms with Crippen molar-refractivity contribution < 1.29 is 9.59 Å². The third kappa shape index (κ3) is 2.50. The standard InChI is InChI=1S/C24H16N4O2S2/c1-13-3-4-14(2)20-16(22-26-24-18(8-10-32-24)28(22)12-30)6-5-15(19(13)20)21-25-23-17(7-9-31-23)27(21)11-29/h3-12H,1-2H3. The van der Waals surface area contributed by atoms with E-state index >= 15 is 0 Å². The monoisotopic (exact) mass is 456 g/mol. The average molecular weight is 457 g/mol. The molecule has 0 N–H and O–H groups in total. The fraction of sp³-hybridized carbons (Fsp3) is 0.0833. The second-order valence-corrected chi connectivity index (χ2v) is 9.44. The van der Waals surface area contributed by atoms with Gasteiger partial charge in [-0.15, -0.1) is 22.7 Å². The molecule has 0 atom stereocenters. The fourth-order valence-electron chi connectivity index (χ4n) is 4.46. The molecule has 0 bridgehead atoms. The molecule has 0 saturated carbocycles. The van der Waals surface area contributed by atoms with Gasteiger partial charge in [0.15, 0.2) is 0 Å². The van der Waals surface area contributed by atoms with Gasteiger partial charge in [-0.3, -0.25) is 18.7 Å². The Balaban J connectivity index is 1.73. The Kier molecular flexibility index (Phi) is 4.14. The van der Waals surface area contributed by atoms with Crippen molar-refractivity contribution in [3.05, 3.63) is 58.3 Å². The van der Waals surface area contributed by atoms with Crippen LogP contribution in [0, 0.1) is 13.8 Å². The van der Waals surface area contributed by atoms with Crippen LogP contribution < -0.4 is 0 Å². The first-order valence-corrected chi connectivity index (χ1v) is 11.7. The van der Waals surface area contributed by atoms with Gasteiger partial charge in [-0.1, -0.05) is 12.1 Å². The minimum atomic E-state index is 0.617. The lowest BCUT2D eigenvalue weighted by molar-refractivity contribution is 0.548. The third-order valence-electron chi connectivity index (χ3n) is 5.91. The van der Waals surface area contributed by atoms with Gasteiger partial charge in [0.1, 0.15) is 21.3 Å². The third-order valence-corrected chi connectivity index (χ3v) is 7.50. The van der Waals surface area contributed by atoms with Crippen molar-refractivity contribution in [2.75, 3.05) is 0 Å². The number of aryl methyl sites for hydroxylation is 2. The number of hydrogen-bond acceptors (Lipinski definition) is 6. The topological polar surface area (TPSA) is 69.8 Å². The highest BCUT2D eigenvalue weighted by atomic mass is 32.1. The number of fused-ring (bicyclic) bond motifs is 3. The van der Waals surface area contributed by atoms with Gasteiger partial charge in [-0.05, 0) is 70.8 Å². The maximum absolute atomic E-state index is 12.0. The van der Waals surface area contributed by atoms with Crippen LogP contribution in [0.1, 0.15) is 11.1 Å². The highest BCUT2D eigenvalue weighted by molar-refractivity contribution is 7.17. The lowest BCUT2D eigenvalue weighted by Crippen LogP contribution is -2.02. The van der Waals surface area contributed by atoms with Crippen molar-refractivity contribution in [3.8, 4) is 22.8 Å². The number of aromatic nitrogens is 4. The first-order valence-electron chi connectivity index (χ1n) is 9.97. The molecule has 6 nitrogen and oxygen atoms in total. The molecular formula is C24H16N4O2S2. The zero-order chi connectivity index (χ0) is 22.0. The lowest BCUT2D eigenvalue weighted by Gasteiger charge is -2.15. The lowest BCUT2D eigenvalue weighted by atomic mass is 9.92. The number of nitrogens with zero attached hydrogens (tertiary/aromatic N) is 4. The second kappa shape index (κ2) is 6.94. The quantitative estimate of drug-likeness (QED) is 0.320. The number of benzene rings is 2. The SMILES string of the molecule is Cc1ccc(C)c2c(-c3nc4sccc4n3C=O)ccc(-c3nc4sccc4n3C=O)c12. The van der Waals surface area contributed by atoms with E-state index in [4.69, 9.17) is 9.97 Å². The number of rotatable bonds is 4. The predicted octanol–water partition coefficient (Wildman–Crippen LogP) is 5.69. The molecule has 0 spiro atoms. The molecule has 156 valence electrons.